The number of carbonyl (C=O) groups is 1. The van der Waals surface area contributed by atoms with Crippen LogP contribution in [0.3, 0.4) is 0 Å². The summed E-state index contributed by atoms with van der Waals surface area (Å²) in [5.74, 6) is 5.52. The van der Waals surface area contributed by atoms with Crippen molar-refractivity contribution in [2.24, 2.45) is 21.2 Å². The van der Waals surface area contributed by atoms with Crippen LogP contribution in [0.4, 0.5) is 4.79 Å². The Morgan fingerprint density at radius 1 is 1.60 bits per heavy atom. The van der Waals surface area contributed by atoms with E-state index in [2.05, 4.69) is 20.6 Å². The Kier molecular flexibility index (Phi) is 2.53. The number of urea groups is 1. The summed E-state index contributed by atoms with van der Waals surface area (Å²) in [6.07, 6.45) is 1.81. The van der Waals surface area contributed by atoms with Gasteiger partial charge in [0.1, 0.15) is 0 Å². The fraction of sp³-hybridized carbons (Fsp3) is 0.750. The van der Waals surface area contributed by atoms with Crippen molar-refractivity contribution in [1.82, 2.24) is 10.2 Å². The molecule has 0 saturated carbocycles. The van der Waals surface area contributed by atoms with Crippen LogP contribution in [0.1, 0.15) is 12.8 Å². The average molecular weight is 210 g/mol. The molecule has 2 fully saturated rings. The summed E-state index contributed by atoms with van der Waals surface area (Å²) in [6, 6.07) is 0.151. The molecule has 2 bridgehead atoms. The Balaban J connectivity index is 2.18. The van der Waals surface area contributed by atoms with Gasteiger partial charge in [-0.3, -0.25) is 4.99 Å². The number of hydrogen-bond donors (Lipinski definition) is 2. The first kappa shape index (κ1) is 9.88. The molecule has 0 aromatic rings. The van der Waals surface area contributed by atoms with Gasteiger partial charge in [-0.05, 0) is 12.8 Å². The summed E-state index contributed by atoms with van der Waals surface area (Å²) in [4.78, 5) is 17.3. The largest absolute Gasteiger partial charge is 0.333 e. The molecule has 2 amide bonds. The van der Waals surface area contributed by atoms with Crippen LogP contribution in [0.15, 0.2) is 15.3 Å². The number of fused-ring (bicyclic) bond motifs is 2. The van der Waals surface area contributed by atoms with Crippen molar-refractivity contribution >= 4 is 11.9 Å². The third-order valence-electron chi connectivity index (χ3n) is 2.86. The Morgan fingerprint density at radius 2 is 2.40 bits per heavy atom. The topological polar surface area (TPSA) is 95.4 Å². The van der Waals surface area contributed by atoms with Gasteiger partial charge in [0.05, 0.1) is 6.04 Å². The maximum absolute atomic E-state index is 11.5. The summed E-state index contributed by atoms with van der Waals surface area (Å²) in [7, 11) is 1.63. The molecule has 0 aromatic heterocycles. The molecule has 2 saturated heterocycles. The summed E-state index contributed by atoms with van der Waals surface area (Å²) in [5, 5.41) is 9.87. The molecule has 7 nitrogen and oxygen atoms in total. The molecule has 2 heterocycles. The van der Waals surface area contributed by atoms with Crippen LogP contribution >= 0.6 is 0 Å². The van der Waals surface area contributed by atoms with Gasteiger partial charge in [0.25, 0.3) is 0 Å². The lowest BCUT2D eigenvalue weighted by atomic mass is 10.0. The van der Waals surface area contributed by atoms with Crippen LogP contribution in [-0.4, -0.2) is 42.4 Å². The lowest BCUT2D eigenvalue weighted by Crippen LogP contribution is -2.44. The summed E-state index contributed by atoms with van der Waals surface area (Å²) < 4.78 is 0. The zero-order chi connectivity index (χ0) is 10.8. The van der Waals surface area contributed by atoms with E-state index in [0.29, 0.717) is 5.84 Å². The molecule has 3 N–H and O–H groups in total. The average Bonchev–Trinajstić information content (AvgIpc) is 2.53. The van der Waals surface area contributed by atoms with E-state index in [1.165, 1.54) is 0 Å². The fourth-order valence-electron chi connectivity index (χ4n) is 2.16. The maximum atomic E-state index is 11.5. The Bertz CT molecular complexity index is 325. The molecular weight excluding hydrogens is 196 g/mol. The molecule has 1 unspecified atom stereocenters. The van der Waals surface area contributed by atoms with Crippen molar-refractivity contribution in [2.45, 2.75) is 24.9 Å². The predicted molar refractivity (Wildman–Crippen MR) is 54.5 cm³/mol. The standard InChI is InChI=1S/C8H14N6O/c1-10-7(12-13-9)6-3-2-5-4-14(6)8(15)11-5/h5-6H,2-4H2,1H3,(H,11,15)(H2,9,10,12)/t5?,6-/m0/s1. The summed E-state index contributed by atoms with van der Waals surface area (Å²) in [5.41, 5.74) is 0. The van der Waals surface area contributed by atoms with Gasteiger partial charge in [0, 0.05) is 19.6 Å². The number of amides is 2. The number of nitrogens with zero attached hydrogens (tertiary/aromatic N) is 4. The second kappa shape index (κ2) is 3.84. The molecule has 0 spiro atoms. The maximum Gasteiger partial charge on any atom is 0.318 e. The van der Waals surface area contributed by atoms with Crippen molar-refractivity contribution in [2.75, 3.05) is 13.6 Å². The molecule has 15 heavy (non-hydrogen) atoms. The van der Waals surface area contributed by atoms with E-state index in [1.807, 2.05) is 0 Å². The van der Waals surface area contributed by atoms with Crippen LogP contribution < -0.4 is 11.2 Å². The van der Waals surface area contributed by atoms with Gasteiger partial charge in [0.15, 0.2) is 5.84 Å². The van der Waals surface area contributed by atoms with Crippen LogP contribution in [0.2, 0.25) is 0 Å². The number of rotatable bonds is 1. The molecule has 0 radical (unpaired) electrons. The number of hydrogen-bond acceptors (Lipinski definition) is 3. The summed E-state index contributed by atoms with van der Waals surface area (Å²) >= 11 is 0. The SMILES string of the molecule is CN=C(N=NN)[C@@H]1CCC2CN1C(=O)N2. The van der Waals surface area contributed by atoms with Crippen molar-refractivity contribution in [1.29, 1.82) is 0 Å². The summed E-state index contributed by atoms with van der Waals surface area (Å²) in [6.45, 7) is 0.725. The molecule has 2 rings (SSSR count). The number of carbonyl (C=O) groups excluding carboxylic acids is 1. The van der Waals surface area contributed by atoms with Gasteiger partial charge >= 0.3 is 6.03 Å². The highest BCUT2D eigenvalue weighted by Crippen LogP contribution is 2.24. The normalized spacial score (nSPS) is 31.1. The molecule has 0 aromatic carbocycles. The van der Waals surface area contributed by atoms with Crippen molar-refractivity contribution in [3.63, 3.8) is 0 Å². The lowest BCUT2D eigenvalue weighted by Gasteiger charge is -2.29. The molecule has 0 aliphatic carbocycles. The number of amidine groups is 1. The van der Waals surface area contributed by atoms with Crippen LogP contribution in [0, 0.1) is 0 Å². The van der Waals surface area contributed by atoms with Crippen LogP contribution in [0.25, 0.3) is 0 Å². The van der Waals surface area contributed by atoms with E-state index >= 15 is 0 Å². The highest BCUT2D eigenvalue weighted by atomic mass is 16.2. The van der Waals surface area contributed by atoms with E-state index in [-0.39, 0.29) is 18.1 Å². The molecule has 7 heteroatoms. The van der Waals surface area contributed by atoms with Gasteiger partial charge in [-0.1, -0.05) is 5.22 Å². The number of piperidine rings is 1. The molecule has 2 aliphatic heterocycles. The van der Waals surface area contributed by atoms with E-state index in [0.717, 1.165) is 19.4 Å². The fourth-order valence-corrected chi connectivity index (χ4v) is 2.16. The van der Waals surface area contributed by atoms with E-state index in [9.17, 15) is 4.79 Å². The second-order valence-electron chi connectivity index (χ2n) is 3.69. The van der Waals surface area contributed by atoms with E-state index in [1.54, 1.807) is 11.9 Å². The van der Waals surface area contributed by atoms with Crippen molar-refractivity contribution in [3.05, 3.63) is 0 Å². The minimum Gasteiger partial charge on any atom is -0.333 e. The Labute approximate surface area is 87.4 Å². The number of nitrogens with one attached hydrogen (secondary N) is 1. The zero-order valence-corrected chi connectivity index (χ0v) is 8.55. The van der Waals surface area contributed by atoms with Gasteiger partial charge < -0.3 is 16.1 Å². The van der Waals surface area contributed by atoms with Gasteiger partial charge in [-0.15, -0.1) is 5.11 Å². The first-order valence-corrected chi connectivity index (χ1v) is 4.91. The molecule has 82 valence electrons. The molecular formula is C8H14N6O. The Hall–Kier alpha value is -1.66. The van der Waals surface area contributed by atoms with Gasteiger partial charge in [0.2, 0.25) is 0 Å². The van der Waals surface area contributed by atoms with Gasteiger partial charge in [-0.2, -0.15) is 0 Å². The highest BCUT2D eigenvalue weighted by molar-refractivity contribution is 5.92. The highest BCUT2D eigenvalue weighted by Gasteiger charge is 2.40. The quantitative estimate of drug-likeness (QED) is 0.208. The van der Waals surface area contributed by atoms with Crippen LogP contribution in [0.5, 0.6) is 0 Å². The first-order chi connectivity index (χ1) is 7.26. The lowest BCUT2D eigenvalue weighted by molar-refractivity contribution is 0.204. The molecule has 2 aliphatic rings. The van der Waals surface area contributed by atoms with Crippen molar-refractivity contribution < 1.29 is 4.79 Å². The third-order valence-corrected chi connectivity index (χ3v) is 2.86. The smallest absolute Gasteiger partial charge is 0.318 e. The zero-order valence-electron chi connectivity index (χ0n) is 8.55. The predicted octanol–water partition coefficient (Wildman–Crippen LogP) is -0.103. The minimum atomic E-state index is -0.0824. The third kappa shape index (κ3) is 1.64. The minimum absolute atomic E-state index is 0.0455. The second-order valence-corrected chi connectivity index (χ2v) is 3.69. The van der Waals surface area contributed by atoms with Gasteiger partial charge in [-0.25, -0.2) is 4.79 Å². The number of aliphatic imine (C=N–C) groups is 1. The van der Waals surface area contributed by atoms with Crippen LogP contribution in [-0.2, 0) is 0 Å². The monoisotopic (exact) mass is 210 g/mol. The van der Waals surface area contributed by atoms with E-state index in [4.69, 9.17) is 5.84 Å². The molecule has 2 atom stereocenters. The Morgan fingerprint density at radius 3 is 3.07 bits per heavy atom. The van der Waals surface area contributed by atoms with Crippen molar-refractivity contribution in [3.8, 4) is 0 Å². The van der Waals surface area contributed by atoms with E-state index < -0.39 is 0 Å². The number of nitrogens with two attached hydrogens (primary N) is 1. The first-order valence-electron chi connectivity index (χ1n) is 4.91.